The number of carboxylic acids is 1. The van der Waals surface area contributed by atoms with Gasteiger partial charge in [0.2, 0.25) is 5.88 Å². The van der Waals surface area contributed by atoms with Gasteiger partial charge in [0, 0.05) is 11.8 Å². The first kappa shape index (κ1) is 13.1. The van der Waals surface area contributed by atoms with Crippen molar-refractivity contribution in [2.75, 3.05) is 7.11 Å². The highest BCUT2D eigenvalue weighted by Crippen LogP contribution is 2.31. The van der Waals surface area contributed by atoms with Crippen LogP contribution in [0.25, 0.3) is 0 Å². The molecule has 1 heterocycles. The minimum atomic E-state index is -4.98. The first-order chi connectivity index (χ1) is 7.74. The van der Waals surface area contributed by atoms with E-state index in [1.807, 2.05) is 0 Å². The topological polar surface area (TPSA) is 68.7 Å². The van der Waals surface area contributed by atoms with Gasteiger partial charge in [-0.3, -0.25) is 0 Å². The summed E-state index contributed by atoms with van der Waals surface area (Å²) >= 11 is 0. The van der Waals surface area contributed by atoms with E-state index >= 15 is 0 Å². The standard InChI is InChI=1S/C9H8F3NO4/c1-4-3-5(17-9(10,11)12)6(8(14)15)7(13-4)16-2/h3H,1-2H3,(H,14,15). The van der Waals surface area contributed by atoms with E-state index in [0.717, 1.165) is 13.2 Å². The molecule has 0 aliphatic rings. The summed E-state index contributed by atoms with van der Waals surface area (Å²) in [4.78, 5) is 14.5. The zero-order chi connectivity index (χ0) is 13.2. The Labute approximate surface area is 93.8 Å². The summed E-state index contributed by atoms with van der Waals surface area (Å²) in [7, 11) is 1.10. The summed E-state index contributed by atoms with van der Waals surface area (Å²) in [6.45, 7) is 1.39. The molecule has 0 aliphatic heterocycles. The predicted molar refractivity (Wildman–Crippen MR) is 49.2 cm³/mol. The number of aryl methyl sites for hydroxylation is 1. The Morgan fingerprint density at radius 3 is 2.47 bits per heavy atom. The fraction of sp³-hybridized carbons (Fsp3) is 0.333. The Balaban J connectivity index is 3.35. The molecule has 1 aromatic heterocycles. The van der Waals surface area contributed by atoms with Crippen molar-refractivity contribution in [3.05, 3.63) is 17.3 Å². The van der Waals surface area contributed by atoms with Crippen molar-refractivity contribution in [1.29, 1.82) is 0 Å². The molecule has 0 aromatic carbocycles. The molecule has 0 unspecified atom stereocenters. The lowest BCUT2D eigenvalue weighted by Crippen LogP contribution is -2.20. The Hall–Kier alpha value is -1.99. The van der Waals surface area contributed by atoms with Crippen LogP contribution in [0.15, 0.2) is 6.07 Å². The lowest BCUT2D eigenvalue weighted by Gasteiger charge is -2.13. The summed E-state index contributed by atoms with van der Waals surface area (Å²) in [5.74, 6) is -2.90. The molecule has 0 aliphatic carbocycles. The summed E-state index contributed by atoms with van der Waals surface area (Å²) in [5, 5.41) is 8.80. The van der Waals surface area contributed by atoms with Gasteiger partial charge in [-0.25, -0.2) is 9.78 Å². The minimum absolute atomic E-state index is 0.145. The number of pyridine rings is 1. The number of carbonyl (C=O) groups is 1. The molecular formula is C9H8F3NO4. The van der Waals surface area contributed by atoms with Gasteiger partial charge >= 0.3 is 12.3 Å². The van der Waals surface area contributed by atoms with E-state index < -0.39 is 29.5 Å². The highest BCUT2D eigenvalue weighted by Gasteiger charge is 2.34. The van der Waals surface area contributed by atoms with Gasteiger partial charge in [0.25, 0.3) is 0 Å². The Morgan fingerprint density at radius 1 is 1.47 bits per heavy atom. The number of halogens is 3. The van der Waals surface area contributed by atoms with Gasteiger partial charge in [0.15, 0.2) is 11.3 Å². The molecule has 0 bridgehead atoms. The van der Waals surface area contributed by atoms with E-state index in [2.05, 4.69) is 14.5 Å². The van der Waals surface area contributed by atoms with Gasteiger partial charge in [-0.05, 0) is 6.92 Å². The number of carboxylic acid groups (broad SMARTS) is 1. The second kappa shape index (κ2) is 4.48. The van der Waals surface area contributed by atoms with Gasteiger partial charge in [-0.2, -0.15) is 0 Å². The smallest absolute Gasteiger partial charge is 0.480 e. The van der Waals surface area contributed by atoms with Gasteiger partial charge in [0.1, 0.15) is 0 Å². The predicted octanol–water partition coefficient (Wildman–Crippen LogP) is 2.00. The average molecular weight is 251 g/mol. The highest BCUT2D eigenvalue weighted by atomic mass is 19.4. The SMILES string of the molecule is COc1nc(C)cc(OC(F)(F)F)c1C(=O)O. The molecule has 0 spiro atoms. The molecule has 17 heavy (non-hydrogen) atoms. The summed E-state index contributed by atoms with van der Waals surface area (Å²) in [6.07, 6.45) is -4.98. The molecule has 1 N–H and O–H groups in total. The summed E-state index contributed by atoms with van der Waals surface area (Å²) in [6, 6.07) is 0.874. The zero-order valence-corrected chi connectivity index (χ0v) is 8.83. The van der Waals surface area contributed by atoms with E-state index in [1.54, 1.807) is 0 Å². The van der Waals surface area contributed by atoms with E-state index in [4.69, 9.17) is 5.11 Å². The van der Waals surface area contributed by atoms with Gasteiger partial charge < -0.3 is 14.6 Å². The first-order valence-corrected chi connectivity index (χ1v) is 4.29. The van der Waals surface area contributed by atoms with Crippen LogP contribution in [-0.2, 0) is 0 Å². The number of alkyl halides is 3. The molecule has 8 heteroatoms. The van der Waals surface area contributed by atoms with Crippen LogP contribution in [0.3, 0.4) is 0 Å². The molecule has 1 rings (SSSR count). The third kappa shape index (κ3) is 3.23. The third-order valence-corrected chi connectivity index (χ3v) is 1.71. The fourth-order valence-corrected chi connectivity index (χ4v) is 1.17. The van der Waals surface area contributed by atoms with Gasteiger partial charge in [-0.15, -0.1) is 13.2 Å². The zero-order valence-electron chi connectivity index (χ0n) is 8.83. The second-order valence-electron chi connectivity index (χ2n) is 3.00. The van der Waals surface area contributed by atoms with E-state index in [-0.39, 0.29) is 5.69 Å². The van der Waals surface area contributed by atoms with Gasteiger partial charge in [-0.1, -0.05) is 0 Å². The van der Waals surface area contributed by atoms with Crippen molar-refractivity contribution in [2.24, 2.45) is 0 Å². The van der Waals surface area contributed by atoms with E-state index in [0.29, 0.717) is 0 Å². The molecule has 0 amide bonds. The van der Waals surface area contributed by atoms with Gasteiger partial charge in [0.05, 0.1) is 7.11 Å². The Bertz CT molecular complexity index is 445. The van der Waals surface area contributed by atoms with Crippen LogP contribution in [0, 0.1) is 6.92 Å². The number of nitrogens with zero attached hydrogens (tertiary/aromatic N) is 1. The van der Waals surface area contributed by atoms with Crippen LogP contribution in [0.1, 0.15) is 16.1 Å². The Morgan fingerprint density at radius 2 is 2.06 bits per heavy atom. The maximum Gasteiger partial charge on any atom is 0.573 e. The molecule has 0 fully saturated rings. The maximum atomic E-state index is 12.1. The number of aromatic nitrogens is 1. The maximum absolute atomic E-state index is 12.1. The minimum Gasteiger partial charge on any atom is -0.480 e. The summed E-state index contributed by atoms with van der Waals surface area (Å²) in [5.41, 5.74) is -0.624. The van der Waals surface area contributed by atoms with Crippen LogP contribution >= 0.6 is 0 Å². The quantitative estimate of drug-likeness (QED) is 0.889. The van der Waals surface area contributed by atoms with Crippen LogP contribution in [0.2, 0.25) is 0 Å². The van der Waals surface area contributed by atoms with Crippen molar-refractivity contribution in [1.82, 2.24) is 4.98 Å². The van der Waals surface area contributed by atoms with Crippen molar-refractivity contribution in [2.45, 2.75) is 13.3 Å². The van der Waals surface area contributed by atoms with Crippen LogP contribution < -0.4 is 9.47 Å². The Kier molecular flexibility index (Phi) is 3.45. The van der Waals surface area contributed by atoms with Crippen LogP contribution in [0.5, 0.6) is 11.6 Å². The van der Waals surface area contributed by atoms with Crippen LogP contribution in [0.4, 0.5) is 13.2 Å². The molecule has 0 radical (unpaired) electrons. The van der Waals surface area contributed by atoms with Crippen molar-refractivity contribution < 1.29 is 32.5 Å². The summed E-state index contributed by atoms with van der Waals surface area (Å²) < 4.78 is 44.4. The van der Waals surface area contributed by atoms with Crippen molar-refractivity contribution in [3.63, 3.8) is 0 Å². The van der Waals surface area contributed by atoms with E-state index in [9.17, 15) is 18.0 Å². The molecule has 0 saturated carbocycles. The third-order valence-electron chi connectivity index (χ3n) is 1.71. The van der Waals surface area contributed by atoms with Crippen molar-refractivity contribution in [3.8, 4) is 11.6 Å². The number of hydrogen-bond donors (Lipinski definition) is 1. The normalized spacial score (nSPS) is 11.1. The second-order valence-corrected chi connectivity index (χ2v) is 3.00. The molecule has 0 saturated heterocycles. The molecule has 5 nitrogen and oxygen atoms in total. The molecular weight excluding hydrogens is 243 g/mol. The highest BCUT2D eigenvalue weighted by molar-refractivity contribution is 5.93. The largest absolute Gasteiger partial charge is 0.573 e. The number of aromatic carboxylic acids is 1. The van der Waals surface area contributed by atoms with Crippen LogP contribution in [-0.4, -0.2) is 29.5 Å². The number of rotatable bonds is 3. The monoisotopic (exact) mass is 251 g/mol. The number of hydrogen-bond acceptors (Lipinski definition) is 4. The van der Waals surface area contributed by atoms with Crippen molar-refractivity contribution >= 4 is 5.97 Å². The molecule has 1 aromatic rings. The lowest BCUT2D eigenvalue weighted by atomic mass is 10.2. The fourth-order valence-electron chi connectivity index (χ4n) is 1.17. The molecule has 94 valence electrons. The number of ether oxygens (including phenoxy) is 2. The first-order valence-electron chi connectivity index (χ1n) is 4.29. The number of methoxy groups -OCH3 is 1. The lowest BCUT2D eigenvalue weighted by molar-refractivity contribution is -0.274. The van der Waals surface area contributed by atoms with E-state index in [1.165, 1.54) is 6.92 Å². The molecule has 0 atom stereocenters. The average Bonchev–Trinajstić information content (AvgIpc) is 2.12.